The predicted molar refractivity (Wildman–Crippen MR) is 115 cm³/mol. The highest BCUT2D eigenvalue weighted by molar-refractivity contribution is 7.39. The van der Waals surface area contributed by atoms with Crippen LogP contribution in [0.25, 0.3) is 24.9 Å². The van der Waals surface area contributed by atoms with E-state index in [0.717, 1.165) is 18.0 Å². The van der Waals surface area contributed by atoms with E-state index in [0.29, 0.717) is 13.2 Å². The molecular weight excluding hydrogens is 398 g/mol. The summed E-state index contributed by atoms with van der Waals surface area (Å²) in [5, 5.41) is 13.4. The fourth-order valence-electron chi connectivity index (χ4n) is 3.16. The van der Waals surface area contributed by atoms with Gasteiger partial charge in [0.15, 0.2) is 0 Å². The molecule has 0 unspecified atom stereocenters. The van der Waals surface area contributed by atoms with Crippen molar-refractivity contribution in [3.8, 4) is 6.07 Å². The summed E-state index contributed by atoms with van der Waals surface area (Å²) in [4.78, 5) is 15.5. The van der Waals surface area contributed by atoms with E-state index in [-0.39, 0.29) is 11.5 Å². The van der Waals surface area contributed by atoms with Crippen molar-refractivity contribution in [2.24, 2.45) is 0 Å². The number of rotatable bonds is 6. The van der Waals surface area contributed by atoms with E-state index < -0.39 is 0 Å². The lowest BCUT2D eigenvalue weighted by Crippen LogP contribution is -2.27. The Morgan fingerprint density at radius 3 is 2.74 bits per heavy atom. The van der Waals surface area contributed by atoms with E-state index >= 15 is 0 Å². The number of methoxy groups -OCH3 is 1. The molecule has 0 aliphatic carbocycles. The Bertz CT molecular complexity index is 1050. The Balaban J connectivity index is 1.60. The van der Waals surface area contributed by atoms with Crippen molar-refractivity contribution in [1.82, 2.24) is 5.32 Å². The molecule has 3 aromatic heterocycles. The Hall–Kier alpha value is -1.92. The molecule has 1 aliphatic heterocycles. The van der Waals surface area contributed by atoms with E-state index in [9.17, 15) is 10.1 Å². The number of amides is 1. The number of carbonyl (C=O) groups is 1. The van der Waals surface area contributed by atoms with Gasteiger partial charge in [-0.2, -0.15) is 5.26 Å². The minimum absolute atomic E-state index is 0.125. The highest BCUT2D eigenvalue weighted by atomic mass is 32.1. The van der Waals surface area contributed by atoms with Crippen LogP contribution >= 0.6 is 34.0 Å². The first kappa shape index (κ1) is 18.4. The van der Waals surface area contributed by atoms with E-state index in [1.54, 1.807) is 35.9 Å². The Labute approximate surface area is 169 Å². The second-order valence-corrected chi connectivity index (χ2v) is 9.53. The molecule has 1 amide bonds. The zero-order chi connectivity index (χ0) is 18.8. The molecule has 0 bridgehead atoms. The lowest BCUT2D eigenvalue weighted by atomic mass is 10.2. The van der Waals surface area contributed by atoms with Crippen LogP contribution in [0.4, 0.5) is 5.00 Å². The number of thiophene rings is 3. The first-order valence-electron chi connectivity index (χ1n) is 8.79. The highest BCUT2D eigenvalue weighted by Gasteiger charge is 2.18. The molecule has 8 heteroatoms. The topological polar surface area (TPSA) is 65.4 Å². The SMILES string of the molecule is COCCNC(=O)/C(C#N)=C/c1cc2sc3cc(N4CCCC4)sc3c2s1. The van der Waals surface area contributed by atoms with Crippen molar-refractivity contribution in [2.75, 3.05) is 38.3 Å². The molecule has 4 rings (SSSR count). The second-order valence-electron chi connectivity index (χ2n) is 6.33. The third kappa shape index (κ3) is 3.73. The number of hydrogen-bond donors (Lipinski definition) is 1. The minimum Gasteiger partial charge on any atom is -0.383 e. The smallest absolute Gasteiger partial charge is 0.262 e. The number of nitriles is 1. The van der Waals surface area contributed by atoms with Crippen LogP contribution in [0.5, 0.6) is 0 Å². The molecule has 1 aliphatic rings. The van der Waals surface area contributed by atoms with Gasteiger partial charge < -0.3 is 15.0 Å². The van der Waals surface area contributed by atoms with Gasteiger partial charge in [-0.1, -0.05) is 0 Å². The molecule has 0 saturated carbocycles. The van der Waals surface area contributed by atoms with Crippen LogP contribution in [-0.4, -0.2) is 39.3 Å². The molecule has 3 aromatic rings. The lowest BCUT2D eigenvalue weighted by molar-refractivity contribution is -0.117. The van der Waals surface area contributed by atoms with Gasteiger partial charge in [-0.15, -0.1) is 34.0 Å². The van der Waals surface area contributed by atoms with E-state index in [4.69, 9.17) is 4.74 Å². The van der Waals surface area contributed by atoms with Crippen molar-refractivity contribution in [3.05, 3.63) is 22.6 Å². The second kappa shape index (κ2) is 7.98. The molecule has 27 heavy (non-hydrogen) atoms. The fraction of sp³-hybridized carbons (Fsp3) is 0.368. The van der Waals surface area contributed by atoms with Gasteiger partial charge in [-0.3, -0.25) is 4.79 Å². The molecule has 0 atom stereocenters. The van der Waals surface area contributed by atoms with Crippen LogP contribution in [0.15, 0.2) is 17.7 Å². The number of fused-ring (bicyclic) bond motifs is 3. The summed E-state index contributed by atoms with van der Waals surface area (Å²) >= 11 is 5.29. The van der Waals surface area contributed by atoms with Crippen LogP contribution in [0.3, 0.4) is 0 Å². The van der Waals surface area contributed by atoms with Gasteiger partial charge in [-0.25, -0.2) is 0 Å². The Morgan fingerprint density at radius 1 is 1.26 bits per heavy atom. The van der Waals surface area contributed by atoms with Crippen molar-refractivity contribution in [2.45, 2.75) is 12.8 Å². The summed E-state index contributed by atoms with van der Waals surface area (Å²) in [6, 6.07) is 6.39. The zero-order valence-corrected chi connectivity index (χ0v) is 17.4. The van der Waals surface area contributed by atoms with Crippen molar-refractivity contribution in [1.29, 1.82) is 5.26 Å². The third-order valence-corrected chi connectivity index (χ3v) is 8.27. The number of nitrogens with one attached hydrogen (secondary N) is 1. The van der Waals surface area contributed by atoms with Crippen molar-refractivity contribution in [3.63, 3.8) is 0 Å². The quantitative estimate of drug-likeness (QED) is 0.366. The minimum atomic E-state index is -0.358. The standard InChI is InChI=1S/C19H19N3O2S3/c1-24-7-4-21-19(23)12(11-20)8-13-9-14-17(25-13)18-15(26-14)10-16(27-18)22-5-2-3-6-22/h8-10H,2-7H2,1H3,(H,21,23)/b12-8+. The Morgan fingerprint density at radius 2 is 2.00 bits per heavy atom. The summed E-state index contributed by atoms with van der Waals surface area (Å²) in [5.74, 6) is -0.358. The summed E-state index contributed by atoms with van der Waals surface area (Å²) in [6.07, 6.45) is 4.23. The molecule has 1 saturated heterocycles. The summed E-state index contributed by atoms with van der Waals surface area (Å²) in [6.45, 7) is 3.12. The van der Waals surface area contributed by atoms with Crippen LogP contribution in [-0.2, 0) is 9.53 Å². The first-order valence-corrected chi connectivity index (χ1v) is 11.2. The van der Waals surface area contributed by atoms with E-state index in [1.165, 1.54) is 36.6 Å². The maximum atomic E-state index is 12.1. The van der Waals surface area contributed by atoms with Gasteiger partial charge >= 0.3 is 0 Å². The number of carbonyl (C=O) groups excluding carboxylic acids is 1. The van der Waals surface area contributed by atoms with Crippen LogP contribution in [0.2, 0.25) is 0 Å². The van der Waals surface area contributed by atoms with Gasteiger partial charge in [-0.05, 0) is 31.1 Å². The first-order chi connectivity index (χ1) is 13.2. The van der Waals surface area contributed by atoms with Crippen molar-refractivity contribution < 1.29 is 9.53 Å². The number of nitrogens with zero attached hydrogens (tertiary/aromatic N) is 2. The van der Waals surface area contributed by atoms with Crippen LogP contribution < -0.4 is 10.2 Å². The number of ether oxygens (including phenoxy) is 1. The van der Waals surface area contributed by atoms with Gasteiger partial charge in [0.25, 0.3) is 5.91 Å². The fourth-order valence-corrected chi connectivity index (χ4v) is 7.18. The largest absolute Gasteiger partial charge is 0.383 e. The molecule has 0 spiro atoms. The maximum Gasteiger partial charge on any atom is 0.262 e. The molecule has 0 radical (unpaired) electrons. The molecule has 1 fully saturated rings. The number of anilines is 1. The van der Waals surface area contributed by atoms with Crippen molar-refractivity contribution >= 4 is 69.8 Å². The van der Waals surface area contributed by atoms with E-state index in [2.05, 4.69) is 22.3 Å². The highest BCUT2D eigenvalue weighted by Crippen LogP contribution is 2.46. The molecular formula is C19H19N3O2S3. The molecule has 0 aromatic carbocycles. The average Bonchev–Trinajstić information content (AvgIpc) is 3.41. The van der Waals surface area contributed by atoms with E-state index in [1.807, 2.05) is 17.4 Å². The molecule has 4 heterocycles. The molecule has 1 N–H and O–H groups in total. The van der Waals surface area contributed by atoms with Gasteiger partial charge in [0.05, 0.1) is 21.0 Å². The lowest BCUT2D eigenvalue weighted by Gasteiger charge is -2.13. The van der Waals surface area contributed by atoms with Gasteiger partial charge in [0.1, 0.15) is 11.6 Å². The average molecular weight is 418 g/mol. The summed E-state index contributed by atoms with van der Waals surface area (Å²) < 4.78 is 10.0. The van der Waals surface area contributed by atoms with Crippen LogP contribution in [0, 0.1) is 11.3 Å². The molecule has 5 nitrogen and oxygen atoms in total. The predicted octanol–water partition coefficient (Wildman–Crippen LogP) is 4.45. The maximum absolute atomic E-state index is 12.1. The Kier molecular flexibility index (Phi) is 5.45. The summed E-state index contributed by atoms with van der Waals surface area (Å²) in [7, 11) is 1.58. The normalized spacial score (nSPS) is 15.0. The third-order valence-electron chi connectivity index (χ3n) is 4.49. The number of hydrogen-bond acceptors (Lipinski definition) is 7. The summed E-state index contributed by atoms with van der Waals surface area (Å²) in [5.41, 5.74) is 0.125. The molecule has 140 valence electrons. The zero-order valence-electron chi connectivity index (χ0n) is 14.9. The van der Waals surface area contributed by atoms with Gasteiger partial charge in [0.2, 0.25) is 0 Å². The van der Waals surface area contributed by atoms with Crippen LogP contribution in [0.1, 0.15) is 17.7 Å². The monoisotopic (exact) mass is 417 g/mol. The van der Waals surface area contributed by atoms with Gasteiger partial charge in [0, 0.05) is 41.0 Å².